The Morgan fingerprint density at radius 1 is 1.09 bits per heavy atom. The van der Waals surface area contributed by atoms with E-state index >= 15 is 0 Å². The van der Waals surface area contributed by atoms with Crippen LogP contribution >= 0.6 is 0 Å². The fourth-order valence-corrected chi connectivity index (χ4v) is 5.10. The second-order valence-electron chi connectivity index (χ2n) is 9.00. The summed E-state index contributed by atoms with van der Waals surface area (Å²) in [6.07, 6.45) is 7.00. The summed E-state index contributed by atoms with van der Waals surface area (Å²) in [7, 11) is 0. The van der Waals surface area contributed by atoms with Crippen molar-refractivity contribution in [3.8, 4) is 0 Å². The van der Waals surface area contributed by atoms with Gasteiger partial charge in [0.25, 0.3) is 11.8 Å². The Morgan fingerprint density at radius 3 is 2.70 bits per heavy atom. The Kier molecular flexibility index (Phi) is 5.76. The zero-order chi connectivity index (χ0) is 22.9. The Morgan fingerprint density at radius 2 is 1.91 bits per heavy atom. The van der Waals surface area contributed by atoms with Gasteiger partial charge in [0.2, 0.25) is 6.41 Å². The molecule has 5 rings (SSSR count). The largest absolute Gasteiger partial charge is 0.358 e. The lowest BCUT2D eigenvalue weighted by molar-refractivity contribution is -0.110. The maximum absolute atomic E-state index is 13.3. The van der Waals surface area contributed by atoms with Gasteiger partial charge in [0.1, 0.15) is 0 Å². The molecule has 172 valence electrons. The second kappa shape index (κ2) is 8.86. The molecule has 4 heterocycles. The molecule has 0 atom stereocenters. The first-order valence-corrected chi connectivity index (χ1v) is 11.7. The summed E-state index contributed by atoms with van der Waals surface area (Å²) in [6.45, 7) is 6.58. The Balaban J connectivity index is 1.39. The van der Waals surface area contributed by atoms with Crippen molar-refractivity contribution in [1.29, 1.82) is 0 Å². The van der Waals surface area contributed by atoms with E-state index in [1.165, 1.54) is 19.3 Å². The first kappa shape index (κ1) is 21.5. The van der Waals surface area contributed by atoms with Crippen molar-refractivity contribution < 1.29 is 14.4 Å². The Hall–Kier alpha value is -3.39. The average molecular weight is 448 g/mol. The zero-order valence-electron chi connectivity index (χ0n) is 18.9. The standard InChI is InChI=1S/C25H29N5O3/c1-16-22(14-19-18-13-17(26-15-31)5-6-20(18)28-24(19)32)27-21-7-10-30(25(33)23(16)21)12-11-29-8-3-2-4-9-29/h5-6,13-15,27H,2-4,7-12H2,1H3,(H,26,31)(H,28,32). The Labute approximate surface area is 193 Å². The number of likely N-dealkylation sites (tertiary alicyclic amines) is 1. The van der Waals surface area contributed by atoms with E-state index in [0.717, 1.165) is 60.7 Å². The number of fused-ring (bicyclic) bond motifs is 2. The molecule has 1 aromatic carbocycles. The van der Waals surface area contributed by atoms with Crippen molar-refractivity contribution in [1.82, 2.24) is 14.8 Å². The lowest BCUT2D eigenvalue weighted by Crippen LogP contribution is -2.43. The fraction of sp³-hybridized carbons (Fsp3) is 0.400. The van der Waals surface area contributed by atoms with Crippen LogP contribution in [0, 0.1) is 6.92 Å². The van der Waals surface area contributed by atoms with E-state index in [2.05, 4.69) is 20.5 Å². The van der Waals surface area contributed by atoms with Gasteiger partial charge in [-0.1, -0.05) is 6.42 Å². The van der Waals surface area contributed by atoms with Crippen LogP contribution < -0.4 is 10.6 Å². The summed E-state index contributed by atoms with van der Waals surface area (Å²) in [5.41, 5.74) is 5.88. The van der Waals surface area contributed by atoms with E-state index in [0.29, 0.717) is 29.9 Å². The summed E-state index contributed by atoms with van der Waals surface area (Å²) in [5.74, 6) is -0.130. The van der Waals surface area contributed by atoms with Gasteiger partial charge in [0.05, 0.1) is 11.1 Å². The van der Waals surface area contributed by atoms with Gasteiger partial charge in [0, 0.05) is 54.4 Å². The molecule has 0 aliphatic carbocycles. The highest BCUT2D eigenvalue weighted by molar-refractivity contribution is 6.35. The summed E-state index contributed by atoms with van der Waals surface area (Å²) in [6, 6.07) is 5.29. The van der Waals surface area contributed by atoms with Crippen LogP contribution in [-0.4, -0.2) is 65.7 Å². The minimum Gasteiger partial charge on any atom is -0.358 e. The van der Waals surface area contributed by atoms with Crippen molar-refractivity contribution in [3.05, 3.63) is 46.3 Å². The van der Waals surface area contributed by atoms with E-state index in [1.54, 1.807) is 18.2 Å². The van der Waals surface area contributed by atoms with Crippen LogP contribution in [0.15, 0.2) is 18.2 Å². The number of carbonyl (C=O) groups is 3. The van der Waals surface area contributed by atoms with Gasteiger partial charge in [-0.3, -0.25) is 14.4 Å². The first-order chi connectivity index (χ1) is 16.0. The van der Waals surface area contributed by atoms with Crippen molar-refractivity contribution in [3.63, 3.8) is 0 Å². The number of hydrogen-bond donors (Lipinski definition) is 3. The number of nitrogens with one attached hydrogen (secondary N) is 3. The molecule has 1 aromatic heterocycles. The molecule has 3 aliphatic heterocycles. The van der Waals surface area contributed by atoms with Gasteiger partial charge in [-0.25, -0.2) is 0 Å². The van der Waals surface area contributed by atoms with E-state index in [-0.39, 0.29) is 11.8 Å². The molecule has 3 N–H and O–H groups in total. The smallest absolute Gasteiger partial charge is 0.256 e. The van der Waals surface area contributed by atoms with Gasteiger partial charge in [-0.05, 0) is 62.7 Å². The molecule has 1 saturated heterocycles. The maximum atomic E-state index is 13.3. The van der Waals surface area contributed by atoms with E-state index in [1.807, 2.05) is 17.9 Å². The van der Waals surface area contributed by atoms with Crippen LogP contribution in [0.3, 0.4) is 0 Å². The number of amides is 3. The number of piperidine rings is 1. The van der Waals surface area contributed by atoms with Crippen molar-refractivity contribution in [2.45, 2.75) is 32.6 Å². The predicted octanol–water partition coefficient (Wildman–Crippen LogP) is 2.87. The third-order valence-corrected chi connectivity index (χ3v) is 6.95. The maximum Gasteiger partial charge on any atom is 0.256 e. The summed E-state index contributed by atoms with van der Waals surface area (Å²) in [4.78, 5) is 44.6. The lowest BCUT2D eigenvalue weighted by atomic mass is 10.0. The van der Waals surface area contributed by atoms with Gasteiger partial charge in [-0.15, -0.1) is 0 Å². The van der Waals surface area contributed by atoms with Crippen LogP contribution in [0.2, 0.25) is 0 Å². The number of nitrogens with zero attached hydrogens (tertiary/aromatic N) is 2. The highest BCUT2D eigenvalue weighted by Crippen LogP contribution is 2.36. The van der Waals surface area contributed by atoms with E-state index in [9.17, 15) is 14.4 Å². The molecule has 8 nitrogen and oxygen atoms in total. The summed E-state index contributed by atoms with van der Waals surface area (Å²) >= 11 is 0. The quantitative estimate of drug-likeness (QED) is 0.469. The molecule has 3 aliphatic rings. The lowest BCUT2D eigenvalue weighted by Gasteiger charge is -2.32. The molecule has 1 fully saturated rings. The number of aromatic amines is 1. The van der Waals surface area contributed by atoms with Crippen molar-refractivity contribution >= 4 is 41.2 Å². The van der Waals surface area contributed by atoms with Crippen LogP contribution in [0.1, 0.15) is 52.1 Å². The van der Waals surface area contributed by atoms with Gasteiger partial charge in [-0.2, -0.15) is 0 Å². The van der Waals surface area contributed by atoms with Crippen LogP contribution in [0.4, 0.5) is 11.4 Å². The van der Waals surface area contributed by atoms with Gasteiger partial charge in [0.15, 0.2) is 0 Å². The monoisotopic (exact) mass is 447 g/mol. The van der Waals surface area contributed by atoms with E-state index < -0.39 is 0 Å². The molecule has 0 radical (unpaired) electrons. The topological polar surface area (TPSA) is 97.5 Å². The molecule has 0 bridgehead atoms. The van der Waals surface area contributed by atoms with Crippen molar-refractivity contribution in [2.24, 2.45) is 0 Å². The third-order valence-electron chi connectivity index (χ3n) is 6.95. The van der Waals surface area contributed by atoms with Crippen LogP contribution in [-0.2, 0) is 16.0 Å². The highest BCUT2D eigenvalue weighted by atomic mass is 16.2. The van der Waals surface area contributed by atoms with Crippen LogP contribution in [0.25, 0.3) is 11.6 Å². The minimum absolute atomic E-state index is 0.0698. The Bertz CT molecular complexity index is 1140. The number of anilines is 2. The van der Waals surface area contributed by atoms with Crippen LogP contribution in [0.5, 0.6) is 0 Å². The summed E-state index contributed by atoms with van der Waals surface area (Å²) in [5, 5.41) is 5.49. The number of aromatic nitrogens is 1. The summed E-state index contributed by atoms with van der Waals surface area (Å²) < 4.78 is 0. The van der Waals surface area contributed by atoms with E-state index in [4.69, 9.17) is 0 Å². The fourth-order valence-electron chi connectivity index (χ4n) is 5.10. The molecule has 0 saturated carbocycles. The number of carbonyl (C=O) groups excluding carboxylic acids is 3. The molecule has 0 unspecified atom stereocenters. The molecule has 3 amide bonds. The predicted molar refractivity (Wildman–Crippen MR) is 128 cm³/mol. The normalized spacial score (nSPS) is 19.4. The molecular weight excluding hydrogens is 418 g/mol. The molecule has 0 spiro atoms. The average Bonchev–Trinajstić information content (AvgIpc) is 3.31. The zero-order valence-corrected chi connectivity index (χ0v) is 18.9. The highest BCUT2D eigenvalue weighted by Gasteiger charge is 2.30. The molecular formula is C25H29N5O3. The van der Waals surface area contributed by atoms with Gasteiger partial charge < -0.3 is 25.4 Å². The number of hydrogen-bond acceptors (Lipinski definition) is 4. The number of benzene rings is 1. The minimum atomic E-state index is -0.199. The second-order valence-corrected chi connectivity index (χ2v) is 9.00. The number of H-pyrrole nitrogens is 1. The molecule has 33 heavy (non-hydrogen) atoms. The van der Waals surface area contributed by atoms with Gasteiger partial charge >= 0.3 is 0 Å². The third kappa shape index (κ3) is 4.06. The SMILES string of the molecule is Cc1c(C=C2C(=O)Nc3ccc(NC=O)cc32)[nH]c2c1C(=O)N(CCN1CCCCC1)CC2. The molecule has 2 aromatic rings. The van der Waals surface area contributed by atoms with Crippen molar-refractivity contribution in [2.75, 3.05) is 43.4 Å². The number of rotatable bonds is 6. The molecule has 8 heteroatoms. The first-order valence-electron chi connectivity index (χ1n) is 11.7.